The second-order valence-electron chi connectivity index (χ2n) is 6.69. The lowest BCUT2D eigenvalue weighted by Crippen LogP contribution is -2.05. The highest BCUT2D eigenvalue weighted by Gasteiger charge is 2.25. The first-order valence-corrected chi connectivity index (χ1v) is 8.45. The van der Waals surface area contributed by atoms with Gasteiger partial charge < -0.3 is 9.30 Å². The number of benzene rings is 1. The first-order chi connectivity index (χ1) is 11.6. The van der Waals surface area contributed by atoms with Crippen LogP contribution in [0.1, 0.15) is 29.7 Å². The van der Waals surface area contributed by atoms with Gasteiger partial charge in [-0.1, -0.05) is 12.1 Å². The first kappa shape index (κ1) is 17.7. The van der Waals surface area contributed by atoms with Gasteiger partial charge in [0.15, 0.2) is 0 Å². The monoisotopic (exact) mass is 360 g/mol. The van der Waals surface area contributed by atoms with Gasteiger partial charge in [0.25, 0.3) is 0 Å². The Labute approximate surface area is 153 Å². The van der Waals surface area contributed by atoms with Crippen LogP contribution in [0.25, 0.3) is 10.9 Å². The molecule has 3 nitrogen and oxygen atoms in total. The van der Waals surface area contributed by atoms with E-state index < -0.39 is 0 Å². The summed E-state index contributed by atoms with van der Waals surface area (Å²) in [5, 5.41) is 1.21. The SMILES string of the molecule is Cc1c(C)n(CC2CC2)c2c(OCc3ccc(F)cc3)nccc12.Cl. The summed E-state index contributed by atoms with van der Waals surface area (Å²) in [6, 6.07) is 8.46. The molecule has 0 radical (unpaired) electrons. The molecule has 1 aliphatic rings. The summed E-state index contributed by atoms with van der Waals surface area (Å²) < 4.78 is 21.4. The van der Waals surface area contributed by atoms with Crippen LogP contribution in [0.2, 0.25) is 0 Å². The summed E-state index contributed by atoms with van der Waals surface area (Å²) in [5.74, 6) is 1.21. The van der Waals surface area contributed by atoms with Gasteiger partial charge in [-0.2, -0.15) is 0 Å². The van der Waals surface area contributed by atoms with Gasteiger partial charge in [-0.05, 0) is 61.9 Å². The number of hydrogen-bond donors (Lipinski definition) is 0. The molecule has 1 aliphatic carbocycles. The third-order valence-corrected chi connectivity index (χ3v) is 4.94. The number of halogens is 2. The van der Waals surface area contributed by atoms with Crippen molar-refractivity contribution in [3.8, 4) is 5.88 Å². The molecule has 4 rings (SSSR count). The second kappa shape index (κ2) is 7.04. The molecule has 0 spiro atoms. The Kier molecular flexibility index (Phi) is 5.00. The van der Waals surface area contributed by atoms with Crippen molar-refractivity contribution in [2.45, 2.75) is 39.8 Å². The van der Waals surface area contributed by atoms with Crippen LogP contribution in [-0.2, 0) is 13.2 Å². The fourth-order valence-corrected chi connectivity index (χ4v) is 3.19. The van der Waals surface area contributed by atoms with Crippen molar-refractivity contribution in [1.82, 2.24) is 9.55 Å². The van der Waals surface area contributed by atoms with Gasteiger partial charge in [-0.3, -0.25) is 0 Å². The zero-order valence-electron chi connectivity index (χ0n) is 14.5. The molecule has 3 aromatic rings. The van der Waals surface area contributed by atoms with E-state index in [1.165, 1.54) is 41.6 Å². The maximum Gasteiger partial charge on any atom is 0.238 e. The summed E-state index contributed by atoms with van der Waals surface area (Å²) in [7, 11) is 0. The minimum Gasteiger partial charge on any atom is -0.471 e. The molecule has 0 bridgehead atoms. The third kappa shape index (κ3) is 3.49. The lowest BCUT2D eigenvalue weighted by molar-refractivity contribution is 0.296. The van der Waals surface area contributed by atoms with Crippen LogP contribution in [-0.4, -0.2) is 9.55 Å². The molecule has 0 atom stereocenters. The average molecular weight is 361 g/mol. The van der Waals surface area contributed by atoms with Gasteiger partial charge in [-0.15, -0.1) is 12.4 Å². The predicted octanol–water partition coefficient (Wildman–Crippen LogP) is 5.20. The highest BCUT2D eigenvalue weighted by Crippen LogP contribution is 2.36. The van der Waals surface area contributed by atoms with Gasteiger partial charge in [0.1, 0.15) is 17.9 Å². The van der Waals surface area contributed by atoms with E-state index in [1.54, 1.807) is 18.3 Å². The van der Waals surface area contributed by atoms with Gasteiger partial charge in [0.2, 0.25) is 5.88 Å². The minimum atomic E-state index is -0.233. The third-order valence-electron chi connectivity index (χ3n) is 4.94. The van der Waals surface area contributed by atoms with Crippen LogP contribution >= 0.6 is 12.4 Å². The van der Waals surface area contributed by atoms with Crippen LogP contribution in [0.3, 0.4) is 0 Å². The smallest absolute Gasteiger partial charge is 0.238 e. The van der Waals surface area contributed by atoms with E-state index in [0.717, 1.165) is 23.5 Å². The van der Waals surface area contributed by atoms with Crippen molar-refractivity contribution in [3.05, 3.63) is 59.2 Å². The molecule has 25 heavy (non-hydrogen) atoms. The molecule has 0 amide bonds. The van der Waals surface area contributed by atoms with E-state index >= 15 is 0 Å². The lowest BCUT2D eigenvalue weighted by atomic mass is 10.2. The highest BCUT2D eigenvalue weighted by atomic mass is 35.5. The Bertz CT molecular complexity index is 885. The van der Waals surface area contributed by atoms with E-state index in [4.69, 9.17) is 4.74 Å². The number of hydrogen-bond acceptors (Lipinski definition) is 2. The van der Waals surface area contributed by atoms with Gasteiger partial charge in [0.05, 0.1) is 0 Å². The Morgan fingerprint density at radius 1 is 1.16 bits per heavy atom. The van der Waals surface area contributed by atoms with Crippen molar-refractivity contribution in [2.75, 3.05) is 0 Å². The number of aryl methyl sites for hydroxylation is 1. The normalized spacial score (nSPS) is 13.7. The fourth-order valence-electron chi connectivity index (χ4n) is 3.19. The molecule has 1 saturated carbocycles. The number of aromatic nitrogens is 2. The van der Waals surface area contributed by atoms with E-state index in [0.29, 0.717) is 12.5 Å². The predicted molar refractivity (Wildman–Crippen MR) is 99.9 cm³/mol. The van der Waals surface area contributed by atoms with Gasteiger partial charge in [0, 0.05) is 23.8 Å². The number of fused-ring (bicyclic) bond motifs is 1. The fraction of sp³-hybridized carbons (Fsp3) is 0.350. The molecule has 1 aromatic carbocycles. The summed E-state index contributed by atoms with van der Waals surface area (Å²) in [6.45, 7) is 5.75. The summed E-state index contributed by atoms with van der Waals surface area (Å²) in [5.41, 5.74) is 4.60. The van der Waals surface area contributed by atoms with Crippen molar-refractivity contribution in [2.24, 2.45) is 5.92 Å². The zero-order chi connectivity index (χ0) is 16.7. The Balaban J connectivity index is 0.00000182. The van der Waals surface area contributed by atoms with E-state index in [9.17, 15) is 4.39 Å². The van der Waals surface area contributed by atoms with Gasteiger partial charge >= 0.3 is 0 Å². The number of ether oxygens (including phenoxy) is 1. The molecule has 1 fully saturated rings. The quantitative estimate of drug-likeness (QED) is 0.625. The second-order valence-corrected chi connectivity index (χ2v) is 6.69. The minimum absolute atomic E-state index is 0. The maximum absolute atomic E-state index is 13.0. The molecular formula is C20H22ClFN2O. The van der Waals surface area contributed by atoms with Crippen LogP contribution < -0.4 is 4.74 Å². The molecule has 132 valence electrons. The highest BCUT2D eigenvalue weighted by molar-refractivity contribution is 5.88. The molecule has 5 heteroatoms. The summed E-state index contributed by atoms with van der Waals surface area (Å²) in [4.78, 5) is 4.47. The average Bonchev–Trinajstić information content (AvgIpc) is 3.38. The largest absolute Gasteiger partial charge is 0.471 e. The first-order valence-electron chi connectivity index (χ1n) is 8.45. The Morgan fingerprint density at radius 2 is 1.88 bits per heavy atom. The number of nitrogens with zero attached hydrogens (tertiary/aromatic N) is 2. The van der Waals surface area contributed by atoms with Crippen molar-refractivity contribution < 1.29 is 9.13 Å². The topological polar surface area (TPSA) is 27.1 Å². The van der Waals surface area contributed by atoms with Crippen LogP contribution in [0.15, 0.2) is 36.5 Å². The molecule has 2 heterocycles. The Hall–Kier alpha value is -2.07. The number of pyridine rings is 1. The molecule has 0 unspecified atom stereocenters. The summed E-state index contributed by atoms with van der Waals surface area (Å²) >= 11 is 0. The standard InChI is InChI=1S/C20H21FN2O.ClH/c1-13-14(2)23(11-15-3-4-15)19-18(13)9-10-22-20(19)24-12-16-5-7-17(21)8-6-16;/h5-10,15H,3-4,11-12H2,1-2H3;1H. The van der Waals surface area contributed by atoms with Crippen LogP contribution in [0.5, 0.6) is 5.88 Å². The molecule has 0 N–H and O–H groups in total. The maximum atomic E-state index is 13.0. The molecular weight excluding hydrogens is 339 g/mol. The lowest BCUT2D eigenvalue weighted by Gasteiger charge is -2.11. The molecule has 2 aromatic heterocycles. The van der Waals surface area contributed by atoms with E-state index in [1.807, 2.05) is 0 Å². The zero-order valence-corrected chi connectivity index (χ0v) is 15.3. The van der Waals surface area contributed by atoms with E-state index in [2.05, 4.69) is 29.5 Å². The molecule has 0 aliphatic heterocycles. The van der Waals surface area contributed by atoms with E-state index in [-0.39, 0.29) is 18.2 Å². The Morgan fingerprint density at radius 3 is 2.56 bits per heavy atom. The van der Waals surface area contributed by atoms with Crippen LogP contribution in [0.4, 0.5) is 4.39 Å². The van der Waals surface area contributed by atoms with Crippen molar-refractivity contribution >= 4 is 23.3 Å². The van der Waals surface area contributed by atoms with Crippen LogP contribution in [0, 0.1) is 25.6 Å². The van der Waals surface area contributed by atoms with Gasteiger partial charge in [-0.25, -0.2) is 9.37 Å². The summed E-state index contributed by atoms with van der Waals surface area (Å²) in [6.07, 6.45) is 4.42. The van der Waals surface area contributed by atoms with Crippen molar-refractivity contribution in [1.29, 1.82) is 0 Å². The number of rotatable bonds is 5. The van der Waals surface area contributed by atoms with Crippen molar-refractivity contribution in [3.63, 3.8) is 0 Å². The molecule has 0 saturated heterocycles.